The van der Waals surface area contributed by atoms with Gasteiger partial charge in [-0.1, -0.05) is 18.2 Å². The molecule has 2 rings (SSSR count). The van der Waals surface area contributed by atoms with E-state index in [0.717, 1.165) is 16.6 Å². The standard InChI is InChI=1S/C17H17BrF2N2O/c1-11(12-7-8-14(19)15(20)9-12)22(2)10-17(23)21-16-6-4-3-5-13(16)18/h3-9,11H,10H2,1-2H3,(H,21,23). The minimum atomic E-state index is -0.889. The molecule has 2 aromatic rings. The molecule has 0 aliphatic heterocycles. The molecule has 0 saturated carbocycles. The van der Waals surface area contributed by atoms with Crippen molar-refractivity contribution in [2.45, 2.75) is 13.0 Å². The van der Waals surface area contributed by atoms with Crippen LogP contribution in [0.2, 0.25) is 0 Å². The summed E-state index contributed by atoms with van der Waals surface area (Å²) in [4.78, 5) is 13.9. The van der Waals surface area contributed by atoms with Crippen LogP contribution in [0, 0.1) is 11.6 Å². The molecule has 0 aliphatic carbocycles. The lowest BCUT2D eigenvalue weighted by atomic mass is 10.1. The Labute approximate surface area is 142 Å². The van der Waals surface area contributed by atoms with Crippen molar-refractivity contribution in [3.05, 3.63) is 64.1 Å². The number of likely N-dealkylation sites (N-methyl/N-ethyl adjacent to an activating group) is 1. The largest absolute Gasteiger partial charge is 0.324 e. The van der Waals surface area contributed by atoms with Crippen molar-refractivity contribution in [3.63, 3.8) is 0 Å². The van der Waals surface area contributed by atoms with Gasteiger partial charge in [-0.2, -0.15) is 0 Å². The fourth-order valence-electron chi connectivity index (χ4n) is 2.14. The second kappa shape index (κ2) is 7.66. The molecular weight excluding hydrogens is 366 g/mol. The molecule has 0 spiro atoms. The van der Waals surface area contributed by atoms with Crippen molar-refractivity contribution in [3.8, 4) is 0 Å². The molecule has 0 bridgehead atoms. The first kappa shape index (κ1) is 17.6. The van der Waals surface area contributed by atoms with Crippen LogP contribution in [-0.4, -0.2) is 24.4 Å². The van der Waals surface area contributed by atoms with E-state index in [9.17, 15) is 13.6 Å². The molecule has 0 fully saturated rings. The van der Waals surface area contributed by atoms with Gasteiger partial charge in [0.25, 0.3) is 0 Å². The van der Waals surface area contributed by atoms with Gasteiger partial charge in [0.15, 0.2) is 11.6 Å². The van der Waals surface area contributed by atoms with Gasteiger partial charge in [0.2, 0.25) is 5.91 Å². The number of anilines is 1. The van der Waals surface area contributed by atoms with E-state index < -0.39 is 11.6 Å². The minimum Gasteiger partial charge on any atom is -0.324 e. The zero-order chi connectivity index (χ0) is 17.0. The quantitative estimate of drug-likeness (QED) is 0.832. The van der Waals surface area contributed by atoms with Crippen LogP contribution >= 0.6 is 15.9 Å². The molecule has 23 heavy (non-hydrogen) atoms. The average Bonchev–Trinajstić information content (AvgIpc) is 2.51. The van der Waals surface area contributed by atoms with Crippen LogP contribution in [0.1, 0.15) is 18.5 Å². The fourth-order valence-corrected chi connectivity index (χ4v) is 2.53. The molecule has 1 N–H and O–H groups in total. The molecule has 122 valence electrons. The van der Waals surface area contributed by atoms with Gasteiger partial charge < -0.3 is 5.32 Å². The Kier molecular flexibility index (Phi) is 5.85. The highest BCUT2D eigenvalue weighted by Gasteiger charge is 2.17. The van der Waals surface area contributed by atoms with E-state index in [1.165, 1.54) is 6.07 Å². The lowest BCUT2D eigenvalue weighted by Crippen LogP contribution is -2.32. The maximum absolute atomic E-state index is 13.3. The number of para-hydroxylation sites is 1. The molecule has 1 atom stereocenters. The van der Waals surface area contributed by atoms with Gasteiger partial charge in [-0.25, -0.2) is 8.78 Å². The molecule has 0 aromatic heterocycles. The van der Waals surface area contributed by atoms with Gasteiger partial charge in [0, 0.05) is 10.5 Å². The van der Waals surface area contributed by atoms with Crippen LogP contribution < -0.4 is 5.32 Å². The first-order valence-corrected chi connectivity index (χ1v) is 7.87. The third kappa shape index (κ3) is 4.59. The lowest BCUT2D eigenvalue weighted by Gasteiger charge is -2.24. The Balaban J connectivity index is 2.00. The van der Waals surface area contributed by atoms with Crippen molar-refractivity contribution < 1.29 is 13.6 Å². The Morgan fingerprint density at radius 2 is 1.91 bits per heavy atom. The van der Waals surface area contributed by atoms with Crippen molar-refractivity contribution in [2.24, 2.45) is 0 Å². The summed E-state index contributed by atoms with van der Waals surface area (Å²) in [6, 6.07) is 10.9. The molecule has 0 saturated heterocycles. The Hall–Kier alpha value is -1.79. The summed E-state index contributed by atoms with van der Waals surface area (Å²) in [5, 5.41) is 2.81. The van der Waals surface area contributed by atoms with E-state index in [0.29, 0.717) is 11.3 Å². The van der Waals surface area contributed by atoms with Gasteiger partial charge >= 0.3 is 0 Å². The molecule has 0 radical (unpaired) electrons. The van der Waals surface area contributed by atoms with Crippen molar-refractivity contribution in [1.29, 1.82) is 0 Å². The highest BCUT2D eigenvalue weighted by molar-refractivity contribution is 9.10. The van der Waals surface area contributed by atoms with Crippen LogP contribution in [0.4, 0.5) is 14.5 Å². The summed E-state index contributed by atoms with van der Waals surface area (Å²) < 4.78 is 27.1. The number of carbonyl (C=O) groups is 1. The summed E-state index contributed by atoms with van der Waals surface area (Å²) in [5.41, 5.74) is 1.30. The van der Waals surface area contributed by atoms with E-state index in [2.05, 4.69) is 21.2 Å². The van der Waals surface area contributed by atoms with Gasteiger partial charge in [-0.15, -0.1) is 0 Å². The van der Waals surface area contributed by atoms with Crippen LogP contribution in [0.15, 0.2) is 46.9 Å². The fraction of sp³-hybridized carbons (Fsp3) is 0.235. The average molecular weight is 383 g/mol. The predicted molar refractivity (Wildman–Crippen MR) is 90.2 cm³/mol. The number of amides is 1. The van der Waals surface area contributed by atoms with Gasteiger partial charge in [-0.05, 0) is 59.7 Å². The zero-order valence-corrected chi connectivity index (χ0v) is 14.4. The van der Waals surface area contributed by atoms with Crippen LogP contribution in [0.25, 0.3) is 0 Å². The molecule has 6 heteroatoms. The van der Waals surface area contributed by atoms with Crippen molar-refractivity contribution >= 4 is 27.5 Å². The molecule has 0 heterocycles. The van der Waals surface area contributed by atoms with E-state index in [-0.39, 0.29) is 18.5 Å². The summed E-state index contributed by atoms with van der Waals surface area (Å²) in [5.74, 6) is -1.95. The third-order valence-corrected chi connectivity index (χ3v) is 4.32. The molecule has 3 nitrogen and oxygen atoms in total. The molecule has 2 aromatic carbocycles. The first-order chi connectivity index (χ1) is 10.9. The maximum atomic E-state index is 13.3. The van der Waals surface area contributed by atoms with E-state index >= 15 is 0 Å². The molecular formula is C17H17BrF2N2O. The number of nitrogens with one attached hydrogen (secondary N) is 1. The molecule has 1 unspecified atom stereocenters. The van der Waals surface area contributed by atoms with Crippen molar-refractivity contribution in [1.82, 2.24) is 4.90 Å². The SMILES string of the molecule is CC(c1ccc(F)c(F)c1)N(C)CC(=O)Nc1ccccc1Br. The Morgan fingerprint density at radius 1 is 1.22 bits per heavy atom. The van der Waals surface area contributed by atoms with E-state index in [1.807, 2.05) is 25.1 Å². The van der Waals surface area contributed by atoms with Gasteiger partial charge in [0.05, 0.1) is 12.2 Å². The number of hydrogen-bond donors (Lipinski definition) is 1. The molecule has 1 amide bonds. The topological polar surface area (TPSA) is 32.3 Å². The smallest absolute Gasteiger partial charge is 0.238 e. The second-order valence-corrected chi connectivity index (χ2v) is 6.15. The number of hydrogen-bond acceptors (Lipinski definition) is 2. The maximum Gasteiger partial charge on any atom is 0.238 e. The summed E-state index contributed by atoms with van der Waals surface area (Å²) in [6.45, 7) is 1.96. The summed E-state index contributed by atoms with van der Waals surface area (Å²) in [7, 11) is 1.76. The second-order valence-electron chi connectivity index (χ2n) is 5.29. The zero-order valence-electron chi connectivity index (χ0n) is 12.8. The monoisotopic (exact) mass is 382 g/mol. The Bertz CT molecular complexity index is 709. The summed E-state index contributed by atoms with van der Waals surface area (Å²) in [6.07, 6.45) is 0. The first-order valence-electron chi connectivity index (χ1n) is 7.08. The highest BCUT2D eigenvalue weighted by Crippen LogP contribution is 2.23. The van der Waals surface area contributed by atoms with E-state index in [1.54, 1.807) is 18.0 Å². The lowest BCUT2D eigenvalue weighted by molar-refractivity contribution is -0.117. The van der Waals surface area contributed by atoms with Crippen LogP contribution in [-0.2, 0) is 4.79 Å². The number of carbonyl (C=O) groups excluding carboxylic acids is 1. The predicted octanol–water partition coefficient (Wildman–Crippen LogP) is 4.36. The van der Waals surface area contributed by atoms with Gasteiger partial charge in [0.1, 0.15) is 0 Å². The van der Waals surface area contributed by atoms with Crippen LogP contribution in [0.3, 0.4) is 0 Å². The number of nitrogens with zero attached hydrogens (tertiary/aromatic N) is 1. The number of rotatable bonds is 5. The molecule has 0 aliphatic rings. The number of halogens is 3. The van der Waals surface area contributed by atoms with E-state index in [4.69, 9.17) is 0 Å². The normalized spacial score (nSPS) is 12.3. The van der Waals surface area contributed by atoms with Crippen molar-refractivity contribution in [2.75, 3.05) is 18.9 Å². The van der Waals surface area contributed by atoms with Gasteiger partial charge in [-0.3, -0.25) is 9.69 Å². The number of benzene rings is 2. The highest BCUT2D eigenvalue weighted by atomic mass is 79.9. The third-order valence-electron chi connectivity index (χ3n) is 3.63. The summed E-state index contributed by atoms with van der Waals surface area (Å²) >= 11 is 3.37. The van der Waals surface area contributed by atoms with Crippen LogP contribution in [0.5, 0.6) is 0 Å². The minimum absolute atomic E-state index is 0.126. The Morgan fingerprint density at radius 3 is 2.57 bits per heavy atom.